The molecule has 19 heavy (non-hydrogen) atoms. The second-order valence-electron chi connectivity index (χ2n) is 5.60. The molecule has 3 heterocycles. The van der Waals surface area contributed by atoms with Crippen LogP contribution in [0.2, 0.25) is 0 Å². The lowest BCUT2D eigenvalue weighted by Gasteiger charge is -2.51. The molecule has 3 rings (SSSR count). The minimum atomic E-state index is -0.0784. The standard InChI is InChI=1S/C14H17BrN4/c1-9(2)14(16)7-19(8-14)12-3-4-17-11-5-10(15)6-18-13(11)12/h3-6,9H,7-8,16H2,1-2H3. The highest BCUT2D eigenvalue weighted by Gasteiger charge is 2.42. The summed E-state index contributed by atoms with van der Waals surface area (Å²) < 4.78 is 0.948. The van der Waals surface area contributed by atoms with Gasteiger partial charge < -0.3 is 10.6 Å². The molecule has 1 saturated heterocycles. The minimum absolute atomic E-state index is 0.0784. The molecule has 2 N–H and O–H groups in total. The third-order valence-corrected chi connectivity index (χ3v) is 4.42. The van der Waals surface area contributed by atoms with Crippen LogP contribution in [0.4, 0.5) is 5.69 Å². The van der Waals surface area contributed by atoms with Crippen molar-refractivity contribution in [2.75, 3.05) is 18.0 Å². The maximum absolute atomic E-state index is 6.36. The Bertz CT molecular complexity index is 620. The zero-order chi connectivity index (χ0) is 13.6. The number of nitrogens with two attached hydrogens (primary N) is 1. The van der Waals surface area contributed by atoms with E-state index >= 15 is 0 Å². The van der Waals surface area contributed by atoms with Crippen LogP contribution in [0.3, 0.4) is 0 Å². The highest BCUT2D eigenvalue weighted by atomic mass is 79.9. The average Bonchev–Trinajstić information content (AvgIpc) is 2.33. The summed E-state index contributed by atoms with van der Waals surface area (Å²) in [6.45, 7) is 6.11. The quantitative estimate of drug-likeness (QED) is 0.924. The van der Waals surface area contributed by atoms with Crippen molar-refractivity contribution in [1.82, 2.24) is 9.97 Å². The van der Waals surface area contributed by atoms with Crippen molar-refractivity contribution >= 4 is 32.7 Å². The van der Waals surface area contributed by atoms with Gasteiger partial charge >= 0.3 is 0 Å². The summed E-state index contributed by atoms with van der Waals surface area (Å²) in [6.07, 6.45) is 3.64. The molecule has 1 fully saturated rings. The smallest absolute Gasteiger partial charge is 0.112 e. The first kappa shape index (κ1) is 12.8. The molecule has 0 amide bonds. The first-order valence-electron chi connectivity index (χ1n) is 6.44. The van der Waals surface area contributed by atoms with E-state index in [1.807, 2.05) is 24.5 Å². The van der Waals surface area contributed by atoms with E-state index in [4.69, 9.17) is 5.73 Å². The maximum Gasteiger partial charge on any atom is 0.112 e. The van der Waals surface area contributed by atoms with E-state index < -0.39 is 0 Å². The molecule has 1 aliphatic rings. The van der Waals surface area contributed by atoms with Gasteiger partial charge in [0.2, 0.25) is 0 Å². The van der Waals surface area contributed by atoms with Gasteiger partial charge in [-0.15, -0.1) is 0 Å². The molecule has 0 atom stereocenters. The highest BCUT2D eigenvalue weighted by Crippen LogP contribution is 2.34. The van der Waals surface area contributed by atoms with Gasteiger partial charge in [-0.1, -0.05) is 13.8 Å². The van der Waals surface area contributed by atoms with Crippen molar-refractivity contribution in [1.29, 1.82) is 0 Å². The maximum atomic E-state index is 6.36. The van der Waals surface area contributed by atoms with Gasteiger partial charge in [-0.3, -0.25) is 9.97 Å². The molecule has 0 aliphatic carbocycles. The predicted molar refractivity (Wildman–Crippen MR) is 81.2 cm³/mol. The largest absolute Gasteiger partial charge is 0.366 e. The number of anilines is 1. The van der Waals surface area contributed by atoms with Crippen molar-refractivity contribution in [2.24, 2.45) is 11.7 Å². The number of hydrogen-bond donors (Lipinski definition) is 1. The van der Waals surface area contributed by atoms with E-state index in [1.165, 1.54) is 0 Å². The lowest BCUT2D eigenvalue weighted by Crippen LogP contribution is -2.70. The third kappa shape index (κ3) is 2.11. The molecular formula is C14H17BrN4. The molecule has 100 valence electrons. The van der Waals surface area contributed by atoms with Crippen LogP contribution in [0.5, 0.6) is 0 Å². The van der Waals surface area contributed by atoms with E-state index in [2.05, 4.69) is 44.6 Å². The van der Waals surface area contributed by atoms with Gasteiger partial charge in [0.15, 0.2) is 0 Å². The minimum Gasteiger partial charge on any atom is -0.366 e. The van der Waals surface area contributed by atoms with Gasteiger partial charge in [-0.25, -0.2) is 0 Å². The first-order valence-corrected chi connectivity index (χ1v) is 7.23. The molecule has 0 spiro atoms. The molecule has 0 unspecified atom stereocenters. The van der Waals surface area contributed by atoms with Crippen LogP contribution in [0.1, 0.15) is 13.8 Å². The molecule has 0 bridgehead atoms. The van der Waals surface area contributed by atoms with Crippen molar-refractivity contribution in [3.63, 3.8) is 0 Å². The van der Waals surface area contributed by atoms with Crippen LogP contribution in [-0.2, 0) is 0 Å². The van der Waals surface area contributed by atoms with Gasteiger partial charge in [0.1, 0.15) is 5.52 Å². The summed E-state index contributed by atoms with van der Waals surface area (Å²) >= 11 is 3.43. The molecule has 2 aromatic rings. The summed E-state index contributed by atoms with van der Waals surface area (Å²) in [5, 5.41) is 0. The fourth-order valence-corrected chi connectivity index (χ4v) is 2.77. The Labute approximate surface area is 121 Å². The lowest BCUT2D eigenvalue weighted by molar-refractivity contribution is 0.245. The number of hydrogen-bond acceptors (Lipinski definition) is 4. The molecule has 2 aromatic heterocycles. The predicted octanol–water partition coefficient (Wildman–Crippen LogP) is 2.57. The number of halogens is 1. The molecule has 0 radical (unpaired) electrons. The topological polar surface area (TPSA) is 55.0 Å². The van der Waals surface area contributed by atoms with Crippen LogP contribution < -0.4 is 10.6 Å². The Morgan fingerprint density at radius 2 is 2.11 bits per heavy atom. The fourth-order valence-electron chi connectivity index (χ4n) is 2.45. The van der Waals surface area contributed by atoms with Gasteiger partial charge in [-0.05, 0) is 34.0 Å². The highest BCUT2D eigenvalue weighted by molar-refractivity contribution is 9.10. The Kier molecular flexibility index (Phi) is 2.98. The summed E-state index contributed by atoms with van der Waals surface area (Å²) in [6, 6.07) is 4.01. The van der Waals surface area contributed by atoms with E-state index in [1.54, 1.807) is 0 Å². The van der Waals surface area contributed by atoms with E-state index in [0.717, 1.165) is 34.3 Å². The van der Waals surface area contributed by atoms with Gasteiger partial charge in [-0.2, -0.15) is 0 Å². The van der Waals surface area contributed by atoms with Gasteiger partial charge in [0, 0.05) is 30.0 Å². The lowest BCUT2D eigenvalue weighted by atomic mass is 9.80. The SMILES string of the molecule is CC(C)C1(N)CN(c2ccnc3cc(Br)cnc23)C1. The normalized spacial score (nSPS) is 17.8. The number of pyridine rings is 2. The second-order valence-corrected chi connectivity index (χ2v) is 6.51. The van der Waals surface area contributed by atoms with Gasteiger partial charge in [0.25, 0.3) is 0 Å². The van der Waals surface area contributed by atoms with Crippen LogP contribution in [0.25, 0.3) is 11.0 Å². The molecular weight excluding hydrogens is 304 g/mol. The molecule has 0 saturated carbocycles. The number of fused-ring (bicyclic) bond motifs is 1. The van der Waals surface area contributed by atoms with Crippen LogP contribution in [-0.4, -0.2) is 28.6 Å². The summed E-state index contributed by atoms with van der Waals surface area (Å²) in [5.74, 6) is 0.485. The summed E-state index contributed by atoms with van der Waals surface area (Å²) in [4.78, 5) is 11.1. The zero-order valence-corrected chi connectivity index (χ0v) is 12.7. The first-order chi connectivity index (χ1) is 8.99. The van der Waals surface area contributed by atoms with Crippen molar-refractivity contribution in [3.05, 3.63) is 29.0 Å². The van der Waals surface area contributed by atoms with Crippen LogP contribution in [0, 0.1) is 5.92 Å². The Morgan fingerprint density at radius 3 is 2.79 bits per heavy atom. The van der Waals surface area contributed by atoms with E-state index in [0.29, 0.717) is 5.92 Å². The fraction of sp³-hybridized carbons (Fsp3) is 0.429. The zero-order valence-electron chi connectivity index (χ0n) is 11.1. The third-order valence-electron chi connectivity index (χ3n) is 3.98. The number of nitrogens with zero attached hydrogens (tertiary/aromatic N) is 3. The number of aromatic nitrogens is 2. The summed E-state index contributed by atoms with van der Waals surface area (Å²) in [5.41, 5.74) is 9.25. The Morgan fingerprint density at radius 1 is 1.37 bits per heavy atom. The molecule has 5 heteroatoms. The monoisotopic (exact) mass is 320 g/mol. The van der Waals surface area contributed by atoms with Crippen molar-refractivity contribution in [2.45, 2.75) is 19.4 Å². The van der Waals surface area contributed by atoms with E-state index in [-0.39, 0.29) is 5.54 Å². The molecule has 1 aliphatic heterocycles. The van der Waals surface area contributed by atoms with Crippen molar-refractivity contribution in [3.8, 4) is 0 Å². The van der Waals surface area contributed by atoms with E-state index in [9.17, 15) is 0 Å². The summed E-state index contributed by atoms with van der Waals surface area (Å²) in [7, 11) is 0. The van der Waals surface area contributed by atoms with Crippen LogP contribution in [0.15, 0.2) is 29.0 Å². The molecule has 4 nitrogen and oxygen atoms in total. The molecule has 0 aromatic carbocycles. The average molecular weight is 321 g/mol. The Balaban J connectivity index is 1.95. The number of rotatable bonds is 2. The van der Waals surface area contributed by atoms with Gasteiger partial charge in [0.05, 0.1) is 16.7 Å². The Hall–Kier alpha value is -1.20. The van der Waals surface area contributed by atoms with Crippen molar-refractivity contribution < 1.29 is 0 Å². The second kappa shape index (κ2) is 4.42. The van der Waals surface area contributed by atoms with Crippen LogP contribution >= 0.6 is 15.9 Å².